The topological polar surface area (TPSA) is 34.1 Å². The standard InChI is InChI=1S/C14H17FN2OS/c1-9-8-19-14(17-9)7-18-13-5-4-11(6-12(13)15)10(2)16-3/h4-6,8,10,16H,7H2,1-3H3. The minimum Gasteiger partial charge on any atom is -0.483 e. The van der Waals surface area contributed by atoms with Crippen LogP contribution in [-0.4, -0.2) is 12.0 Å². The Kier molecular flexibility index (Phi) is 4.50. The summed E-state index contributed by atoms with van der Waals surface area (Å²) in [6.45, 7) is 4.21. The van der Waals surface area contributed by atoms with Crippen molar-refractivity contribution < 1.29 is 9.13 Å². The summed E-state index contributed by atoms with van der Waals surface area (Å²) < 4.78 is 19.3. The van der Waals surface area contributed by atoms with Crippen LogP contribution in [0.5, 0.6) is 5.75 Å². The van der Waals surface area contributed by atoms with E-state index >= 15 is 0 Å². The van der Waals surface area contributed by atoms with Crippen LogP contribution in [-0.2, 0) is 6.61 Å². The quantitative estimate of drug-likeness (QED) is 0.911. The number of nitrogens with zero attached hydrogens (tertiary/aromatic N) is 1. The average Bonchev–Trinajstić information content (AvgIpc) is 2.82. The molecule has 0 saturated heterocycles. The molecule has 0 amide bonds. The third kappa shape index (κ3) is 3.52. The Morgan fingerprint density at radius 1 is 1.47 bits per heavy atom. The number of rotatable bonds is 5. The molecule has 0 fully saturated rings. The molecule has 0 spiro atoms. The lowest BCUT2D eigenvalue weighted by molar-refractivity contribution is 0.289. The third-order valence-electron chi connectivity index (χ3n) is 2.91. The van der Waals surface area contributed by atoms with Crippen molar-refractivity contribution in [3.05, 3.63) is 45.7 Å². The molecule has 1 aromatic heterocycles. The van der Waals surface area contributed by atoms with Crippen LogP contribution >= 0.6 is 11.3 Å². The van der Waals surface area contributed by atoms with Gasteiger partial charge in [-0.15, -0.1) is 11.3 Å². The number of hydrogen-bond donors (Lipinski definition) is 1. The minimum absolute atomic E-state index is 0.116. The molecule has 0 radical (unpaired) electrons. The minimum atomic E-state index is -0.340. The van der Waals surface area contributed by atoms with Gasteiger partial charge in [0.15, 0.2) is 11.6 Å². The molecule has 0 saturated carbocycles. The maximum absolute atomic E-state index is 13.9. The first kappa shape index (κ1) is 14.0. The first-order valence-electron chi connectivity index (χ1n) is 6.10. The zero-order valence-electron chi connectivity index (χ0n) is 11.2. The molecule has 1 unspecified atom stereocenters. The van der Waals surface area contributed by atoms with Gasteiger partial charge < -0.3 is 10.1 Å². The molecule has 102 valence electrons. The van der Waals surface area contributed by atoms with Gasteiger partial charge in [0.1, 0.15) is 11.6 Å². The summed E-state index contributed by atoms with van der Waals surface area (Å²) in [5.74, 6) is -0.0761. The van der Waals surface area contributed by atoms with E-state index in [2.05, 4.69) is 10.3 Å². The summed E-state index contributed by atoms with van der Waals surface area (Å²) in [7, 11) is 1.85. The molecule has 2 rings (SSSR count). The van der Waals surface area contributed by atoms with Crippen molar-refractivity contribution in [1.29, 1.82) is 0 Å². The number of halogens is 1. The van der Waals surface area contributed by atoms with E-state index in [-0.39, 0.29) is 17.6 Å². The van der Waals surface area contributed by atoms with E-state index in [1.165, 1.54) is 17.4 Å². The molecule has 0 aliphatic heterocycles. The van der Waals surface area contributed by atoms with Gasteiger partial charge in [-0.25, -0.2) is 9.37 Å². The van der Waals surface area contributed by atoms with Crippen LogP contribution in [0.1, 0.15) is 29.2 Å². The number of ether oxygens (including phenoxy) is 1. The zero-order valence-corrected chi connectivity index (χ0v) is 12.1. The van der Waals surface area contributed by atoms with Crippen molar-refractivity contribution in [3.8, 4) is 5.75 Å². The molecule has 1 aromatic carbocycles. The van der Waals surface area contributed by atoms with E-state index in [4.69, 9.17) is 4.74 Å². The van der Waals surface area contributed by atoms with Crippen LogP contribution in [0.15, 0.2) is 23.6 Å². The summed E-state index contributed by atoms with van der Waals surface area (Å²) in [6.07, 6.45) is 0. The molecule has 0 aliphatic rings. The highest BCUT2D eigenvalue weighted by Crippen LogP contribution is 2.23. The molecule has 0 aliphatic carbocycles. The molecule has 5 heteroatoms. The fraction of sp³-hybridized carbons (Fsp3) is 0.357. The molecule has 2 aromatic rings. The summed E-state index contributed by atoms with van der Waals surface area (Å²) in [5.41, 5.74) is 1.86. The maximum Gasteiger partial charge on any atom is 0.165 e. The second-order valence-electron chi connectivity index (χ2n) is 4.37. The number of aromatic nitrogens is 1. The van der Waals surface area contributed by atoms with Crippen molar-refractivity contribution in [2.24, 2.45) is 0 Å². The van der Waals surface area contributed by atoms with Gasteiger partial charge in [-0.2, -0.15) is 0 Å². The number of benzene rings is 1. The van der Waals surface area contributed by atoms with Crippen LogP contribution in [0.25, 0.3) is 0 Å². The van der Waals surface area contributed by atoms with Crippen LogP contribution in [0.4, 0.5) is 4.39 Å². The van der Waals surface area contributed by atoms with Gasteiger partial charge in [0.05, 0.1) is 0 Å². The lowest BCUT2D eigenvalue weighted by Crippen LogP contribution is -2.12. The SMILES string of the molecule is CNC(C)c1ccc(OCc2nc(C)cs2)c(F)c1. The van der Waals surface area contributed by atoms with Gasteiger partial charge in [-0.3, -0.25) is 0 Å². The molecule has 1 N–H and O–H groups in total. The molecule has 3 nitrogen and oxygen atoms in total. The number of aryl methyl sites for hydroxylation is 1. The van der Waals surface area contributed by atoms with Gasteiger partial charge in [0.2, 0.25) is 0 Å². The zero-order chi connectivity index (χ0) is 13.8. The summed E-state index contributed by atoms with van der Waals surface area (Å²) in [5, 5.41) is 5.88. The van der Waals surface area contributed by atoms with E-state index in [0.29, 0.717) is 6.61 Å². The Hall–Kier alpha value is -1.46. The molecular formula is C14H17FN2OS. The highest BCUT2D eigenvalue weighted by molar-refractivity contribution is 7.09. The summed E-state index contributed by atoms with van der Waals surface area (Å²) in [4.78, 5) is 4.28. The first-order chi connectivity index (χ1) is 9.10. The first-order valence-corrected chi connectivity index (χ1v) is 6.98. The fourth-order valence-corrected chi connectivity index (χ4v) is 2.36. The Labute approximate surface area is 116 Å². The van der Waals surface area contributed by atoms with Gasteiger partial charge in [-0.1, -0.05) is 6.07 Å². The van der Waals surface area contributed by atoms with Crippen molar-refractivity contribution >= 4 is 11.3 Å². The fourth-order valence-electron chi connectivity index (χ4n) is 1.68. The molecule has 1 heterocycles. The molecule has 0 bridgehead atoms. The monoisotopic (exact) mass is 280 g/mol. The van der Waals surface area contributed by atoms with E-state index < -0.39 is 0 Å². The summed E-state index contributed by atoms with van der Waals surface area (Å²) in [6, 6.07) is 5.15. The maximum atomic E-state index is 13.9. The van der Waals surface area contributed by atoms with Gasteiger partial charge >= 0.3 is 0 Å². The van der Waals surface area contributed by atoms with E-state index in [0.717, 1.165) is 16.3 Å². The molecule has 19 heavy (non-hydrogen) atoms. The predicted molar refractivity (Wildman–Crippen MR) is 75.1 cm³/mol. The highest BCUT2D eigenvalue weighted by atomic mass is 32.1. The lowest BCUT2D eigenvalue weighted by Gasteiger charge is -2.12. The van der Waals surface area contributed by atoms with Crippen LogP contribution < -0.4 is 10.1 Å². The second kappa shape index (κ2) is 6.12. The Balaban J connectivity index is 2.05. The van der Waals surface area contributed by atoms with Crippen molar-refractivity contribution in [3.63, 3.8) is 0 Å². The average molecular weight is 280 g/mol. The largest absolute Gasteiger partial charge is 0.483 e. The highest BCUT2D eigenvalue weighted by Gasteiger charge is 2.09. The van der Waals surface area contributed by atoms with Gasteiger partial charge in [-0.05, 0) is 38.6 Å². The normalized spacial score (nSPS) is 12.4. The molecular weight excluding hydrogens is 263 g/mol. The van der Waals surface area contributed by atoms with Crippen molar-refractivity contribution in [1.82, 2.24) is 10.3 Å². The van der Waals surface area contributed by atoms with Crippen LogP contribution in [0, 0.1) is 12.7 Å². The Morgan fingerprint density at radius 2 is 2.26 bits per heavy atom. The second-order valence-corrected chi connectivity index (χ2v) is 5.31. The van der Waals surface area contributed by atoms with E-state index in [1.54, 1.807) is 6.07 Å². The summed E-state index contributed by atoms with van der Waals surface area (Å²) >= 11 is 1.52. The third-order valence-corrected chi connectivity index (χ3v) is 3.85. The van der Waals surface area contributed by atoms with Gasteiger partial charge in [0, 0.05) is 17.1 Å². The van der Waals surface area contributed by atoms with Crippen LogP contribution in [0.2, 0.25) is 0 Å². The van der Waals surface area contributed by atoms with Crippen molar-refractivity contribution in [2.45, 2.75) is 26.5 Å². The van der Waals surface area contributed by atoms with Crippen LogP contribution in [0.3, 0.4) is 0 Å². The number of hydrogen-bond acceptors (Lipinski definition) is 4. The smallest absolute Gasteiger partial charge is 0.165 e. The van der Waals surface area contributed by atoms with Crippen molar-refractivity contribution in [2.75, 3.05) is 7.05 Å². The number of nitrogens with one attached hydrogen (secondary N) is 1. The predicted octanol–water partition coefficient (Wildman–Crippen LogP) is 3.45. The van der Waals surface area contributed by atoms with E-state index in [1.807, 2.05) is 32.3 Å². The molecule has 1 atom stereocenters. The Bertz CT molecular complexity index is 556. The van der Waals surface area contributed by atoms with Gasteiger partial charge in [0.25, 0.3) is 0 Å². The Morgan fingerprint density at radius 3 is 2.84 bits per heavy atom. The lowest BCUT2D eigenvalue weighted by atomic mass is 10.1. The number of thiazole rings is 1. The van der Waals surface area contributed by atoms with E-state index in [9.17, 15) is 4.39 Å².